The van der Waals surface area contributed by atoms with E-state index in [9.17, 15) is 5.11 Å². The van der Waals surface area contributed by atoms with Gasteiger partial charge in [0.05, 0.1) is 12.2 Å². The summed E-state index contributed by atoms with van der Waals surface area (Å²) in [5.74, 6) is 5.27. The molecule has 0 aromatic carbocycles. The summed E-state index contributed by atoms with van der Waals surface area (Å²) in [6, 6.07) is 0. The fourth-order valence-electron chi connectivity index (χ4n) is 9.88. The van der Waals surface area contributed by atoms with Crippen LogP contribution in [-0.4, -0.2) is 22.9 Å². The van der Waals surface area contributed by atoms with Crippen LogP contribution in [0.25, 0.3) is 0 Å². The largest absolute Gasteiger partial charge is 0.393 e. The molecule has 0 bridgehead atoms. The normalized spacial score (nSPS) is 53.3. The summed E-state index contributed by atoms with van der Waals surface area (Å²) in [4.78, 5) is 0. The molecular formula is C28H48O2. The number of aliphatic hydroxyl groups excluding tert-OH is 1. The van der Waals surface area contributed by atoms with E-state index in [4.69, 9.17) is 4.74 Å². The second-order valence-electron chi connectivity index (χ2n) is 13.3. The SMILES string of the molecule is CC(C)CCC[C@H](C)[C@H]1CCC[C@H]2[C@H]3C[C@H]4O[C@@]45C[C@@H](O)CC[C@]5(C)[C@@H]3CC[C@]12C. The van der Waals surface area contributed by atoms with Gasteiger partial charge in [0.25, 0.3) is 0 Å². The lowest BCUT2D eigenvalue weighted by Gasteiger charge is -2.63. The van der Waals surface area contributed by atoms with E-state index in [0.717, 1.165) is 48.3 Å². The van der Waals surface area contributed by atoms with Crippen molar-refractivity contribution in [3.05, 3.63) is 0 Å². The molecule has 30 heavy (non-hydrogen) atoms. The van der Waals surface area contributed by atoms with E-state index in [1.54, 1.807) is 0 Å². The minimum Gasteiger partial charge on any atom is -0.393 e. The fourth-order valence-corrected chi connectivity index (χ4v) is 9.88. The van der Waals surface area contributed by atoms with Gasteiger partial charge >= 0.3 is 0 Å². The molecule has 10 atom stereocenters. The van der Waals surface area contributed by atoms with Crippen LogP contribution in [0.3, 0.4) is 0 Å². The molecular weight excluding hydrogens is 368 g/mol. The molecule has 1 N–H and O–H groups in total. The van der Waals surface area contributed by atoms with Crippen molar-refractivity contribution in [2.24, 2.45) is 46.3 Å². The third-order valence-corrected chi connectivity index (χ3v) is 11.5. The van der Waals surface area contributed by atoms with Crippen molar-refractivity contribution in [3.63, 3.8) is 0 Å². The average Bonchev–Trinajstić information content (AvgIpc) is 3.38. The first-order valence-electron chi connectivity index (χ1n) is 13.6. The Hall–Kier alpha value is -0.0800. The minimum atomic E-state index is -0.126. The Labute approximate surface area is 185 Å². The van der Waals surface area contributed by atoms with E-state index in [-0.39, 0.29) is 11.7 Å². The lowest BCUT2D eigenvalue weighted by Crippen LogP contribution is -2.60. The fraction of sp³-hybridized carbons (Fsp3) is 1.00. The van der Waals surface area contributed by atoms with Crippen LogP contribution in [-0.2, 0) is 4.74 Å². The van der Waals surface area contributed by atoms with Crippen LogP contribution in [0.1, 0.15) is 112 Å². The highest BCUT2D eigenvalue weighted by Crippen LogP contribution is 2.73. The van der Waals surface area contributed by atoms with Crippen LogP contribution < -0.4 is 0 Å². The van der Waals surface area contributed by atoms with Gasteiger partial charge in [0, 0.05) is 11.8 Å². The molecule has 2 nitrogen and oxygen atoms in total. The van der Waals surface area contributed by atoms with Crippen LogP contribution in [0.4, 0.5) is 0 Å². The second kappa shape index (κ2) is 7.47. The van der Waals surface area contributed by atoms with Crippen molar-refractivity contribution in [2.45, 2.75) is 129 Å². The van der Waals surface area contributed by atoms with Crippen molar-refractivity contribution in [2.75, 3.05) is 0 Å². The van der Waals surface area contributed by atoms with Crippen molar-refractivity contribution >= 4 is 0 Å². The predicted molar refractivity (Wildman–Crippen MR) is 123 cm³/mol. The maximum atomic E-state index is 10.4. The van der Waals surface area contributed by atoms with Gasteiger partial charge in [0.15, 0.2) is 0 Å². The molecule has 0 aromatic heterocycles. The van der Waals surface area contributed by atoms with Crippen molar-refractivity contribution in [1.29, 1.82) is 0 Å². The first-order chi connectivity index (χ1) is 14.2. The molecule has 1 aliphatic heterocycles. The van der Waals surface area contributed by atoms with E-state index < -0.39 is 0 Å². The Kier molecular flexibility index (Phi) is 5.42. The molecule has 1 spiro atoms. The van der Waals surface area contributed by atoms with Gasteiger partial charge in [0.1, 0.15) is 5.60 Å². The summed E-state index contributed by atoms with van der Waals surface area (Å²) >= 11 is 0. The molecule has 0 amide bonds. The maximum Gasteiger partial charge on any atom is 0.103 e. The third-order valence-electron chi connectivity index (χ3n) is 11.5. The molecule has 0 radical (unpaired) electrons. The third kappa shape index (κ3) is 3.09. The molecule has 5 fully saturated rings. The highest BCUT2D eigenvalue weighted by Gasteiger charge is 2.75. The van der Waals surface area contributed by atoms with Crippen LogP contribution in [0, 0.1) is 46.3 Å². The predicted octanol–water partition coefficient (Wildman–Crippen LogP) is 6.99. The quantitative estimate of drug-likeness (QED) is 0.490. The first kappa shape index (κ1) is 21.7. The Morgan fingerprint density at radius 2 is 1.77 bits per heavy atom. The smallest absolute Gasteiger partial charge is 0.103 e. The molecule has 0 aromatic rings. The number of rotatable bonds is 5. The molecule has 4 saturated carbocycles. The lowest BCUT2D eigenvalue weighted by atomic mass is 9.41. The van der Waals surface area contributed by atoms with Crippen molar-refractivity contribution < 1.29 is 9.84 Å². The number of hydrogen-bond donors (Lipinski definition) is 1. The molecule has 1 heterocycles. The van der Waals surface area contributed by atoms with Gasteiger partial charge in [-0.05, 0) is 85.9 Å². The van der Waals surface area contributed by atoms with E-state index in [2.05, 4.69) is 34.6 Å². The molecule has 1 saturated heterocycles. The van der Waals surface area contributed by atoms with E-state index in [1.807, 2.05) is 0 Å². The van der Waals surface area contributed by atoms with Crippen molar-refractivity contribution in [1.82, 2.24) is 0 Å². The summed E-state index contributed by atoms with van der Waals surface area (Å²) in [6.07, 6.45) is 16.2. The summed E-state index contributed by atoms with van der Waals surface area (Å²) in [7, 11) is 0. The number of aliphatic hydroxyl groups is 1. The highest BCUT2D eigenvalue weighted by molar-refractivity contribution is 5.23. The second-order valence-corrected chi connectivity index (χ2v) is 13.3. The maximum absolute atomic E-state index is 10.4. The molecule has 5 aliphatic rings. The van der Waals surface area contributed by atoms with Gasteiger partial charge in [-0.2, -0.15) is 0 Å². The molecule has 2 heteroatoms. The van der Waals surface area contributed by atoms with Gasteiger partial charge in [0.2, 0.25) is 0 Å². The van der Waals surface area contributed by atoms with Crippen molar-refractivity contribution in [3.8, 4) is 0 Å². The first-order valence-corrected chi connectivity index (χ1v) is 13.6. The van der Waals surface area contributed by atoms with Gasteiger partial charge in [-0.25, -0.2) is 0 Å². The minimum absolute atomic E-state index is 0.0395. The lowest BCUT2D eigenvalue weighted by molar-refractivity contribution is -0.145. The number of ether oxygens (including phenoxy) is 1. The summed E-state index contributed by atoms with van der Waals surface area (Å²) in [5, 5.41) is 10.4. The average molecular weight is 417 g/mol. The zero-order valence-corrected chi connectivity index (χ0v) is 20.5. The summed E-state index contributed by atoms with van der Waals surface area (Å²) in [5.41, 5.74) is 0.908. The summed E-state index contributed by atoms with van der Waals surface area (Å²) < 4.78 is 6.54. The van der Waals surface area contributed by atoms with Gasteiger partial charge in [-0.3, -0.25) is 0 Å². The molecule has 5 rings (SSSR count). The van der Waals surface area contributed by atoms with Gasteiger partial charge < -0.3 is 9.84 Å². The zero-order valence-electron chi connectivity index (χ0n) is 20.5. The summed E-state index contributed by atoms with van der Waals surface area (Å²) in [6.45, 7) is 12.6. The van der Waals surface area contributed by atoms with Crippen LogP contribution in [0.2, 0.25) is 0 Å². The molecule has 4 aliphatic carbocycles. The van der Waals surface area contributed by atoms with E-state index >= 15 is 0 Å². The van der Waals surface area contributed by atoms with Gasteiger partial charge in [-0.15, -0.1) is 0 Å². The van der Waals surface area contributed by atoms with Crippen LogP contribution in [0.15, 0.2) is 0 Å². The number of fused-ring (bicyclic) bond motifs is 4. The molecule has 0 unspecified atom stereocenters. The number of epoxide rings is 1. The molecule has 172 valence electrons. The van der Waals surface area contributed by atoms with E-state index in [1.165, 1.54) is 64.2 Å². The zero-order chi connectivity index (χ0) is 21.3. The Balaban J connectivity index is 1.35. The topological polar surface area (TPSA) is 32.8 Å². The monoisotopic (exact) mass is 416 g/mol. The van der Waals surface area contributed by atoms with E-state index in [0.29, 0.717) is 16.9 Å². The Morgan fingerprint density at radius 1 is 0.967 bits per heavy atom. The van der Waals surface area contributed by atoms with Crippen LogP contribution in [0.5, 0.6) is 0 Å². The highest BCUT2D eigenvalue weighted by atomic mass is 16.6. The number of hydrogen-bond acceptors (Lipinski definition) is 2. The van der Waals surface area contributed by atoms with Crippen LogP contribution >= 0.6 is 0 Å². The van der Waals surface area contributed by atoms with Gasteiger partial charge in [-0.1, -0.05) is 60.3 Å². The Bertz CT molecular complexity index is 645. The Morgan fingerprint density at radius 3 is 2.53 bits per heavy atom. The standard InChI is InChI=1S/C28H48O2/c1-18(2)8-6-9-19(3)22-10-7-11-23-21-16-25-28(30-25)17-20(29)12-15-27(28,5)24(21)13-14-26(22,23)4/h18-25,29H,6-17H2,1-5H3/t19-,20-,21+,22+,23-,24+,25+,26+,27+,28-/m0/s1.